The highest BCUT2D eigenvalue weighted by molar-refractivity contribution is 5.68. The molecule has 0 aliphatic rings. The lowest BCUT2D eigenvalue weighted by Crippen LogP contribution is -2.07. The highest BCUT2D eigenvalue weighted by Crippen LogP contribution is 2.19. The van der Waals surface area contributed by atoms with Crippen molar-refractivity contribution in [3.05, 3.63) is 42.0 Å². The third-order valence-corrected chi connectivity index (χ3v) is 2.45. The van der Waals surface area contributed by atoms with Gasteiger partial charge in [0.05, 0.1) is 29.3 Å². The molecule has 0 spiro atoms. The normalized spacial score (nSPS) is 9.82. The van der Waals surface area contributed by atoms with Crippen LogP contribution in [0.3, 0.4) is 0 Å². The molecule has 17 heavy (non-hydrogen) atoms. The van der Waals surface area contributed by atoms with Crippen molar-refractivity contribution >= 4 is 11.4 Å². The average Bonchev–Trinajstić information content (AvgIpc) is 2.84. The Bertz CT molecular complexity index is 524. The minimum absolute atomic E-state index is 0.571. The summed E-state index contributed by atoms with van der Waals surface area (Å²) in [5.41, 5.74) is 8.91. The van der Waals surface area contributed by atoms with Crippen molar-refractivity contribution in [3.63, 3.8) is 0 Å². The van der Waals surface area contributed by atoms with E-state index >= 15 is 0 Å². The van der Waals surface area contributed by atoms with Crippen molar-refractivity contribution < 1.29 is 0 Å². The molecule has 0 aliphatic heterocycles. The number of imidazole rings is 1. The molecular formula is C12H13N5. The predicted molar refractivity (Wildman–Crippen MR) is 66.4 cm³/mol. The van der Waals surface area contributed by atoms with Gasteiger partial charge < -0.3 is 16.0 Å². The van der Waals surface area contributed by atoms with E-state index in [1.165, 1.54) is 0 Å². The number of rotatable bonds is 4. The first-order valence-electron chi connectivity index (χ1n) is 5.30. The lowest BCUT2D eigenvalue weighted by molar-refractivity contribution is 0.977. The fraction of sp³-hybridized carbons (Fsp3) is 0.167. The minimum Gasteiger partial charge on any atom is -0.397 e. The third-order valence-electron chi connectivity index (χ3n) is 2.45. The smallest absolute Gasteiger partial charge is 0.0992 e. The largest absolute Gasteiger partial charge is 0.397 e. The van der Waals surface area contributed by atoms with Gasteiger partial charge in [0.15, 0.2) is 0 Å². The van der Waals surface area contributed by atoms with Crippen molar-refractivity contribution in [1.29, 1.82) is 5.26 Å². The van der Waals surface area contributed by atoms with E-state index in [0.29, 0.717) is 11.3 Å². The summed E-state index contributed by atoms with van der Waals surface area (Å²) in [5, 5.41) is 11.9. The molecule has 86 valence electrons. The van der Waals surface area contributed by atoms with Crippen molar-refractivity contribution in [2.24, 2.45) is 0 Å². The van der Waals surface area contributed by atoms with Crippen LogP contribution in [0.15, 0.2) is 30.7 Å². The second kappa shape index (κ2) is 5.03. The van der Waals surface area contributed by atoms with Gasteiger partial charge in [-0.25, -0.2) is 4.98 Å². The van der Waals surface area contributed by atoms with Crippen LogP contribution in [0.2, 0.25) is 0 Å². The third kappa shape index (κ3) is 2.75. The molecule has 2 aromatic rings. The number of aromatic nitrogens is 2. The number of hydrogen-bond donors (Lipinski definition) is 3. The number of nitrogen functional groups attached to an aromatic ring is 1. The minimum atomic E-state index is 0.571. The number of nitrogens with zero attached hydrogens (tertiary/aromatic N) is 2. The number of nitriles is 1. The molecule has 0 amide bonds. The summed E-state index contributed by atoms with van der Waals surface area (Å²) in [5.74, 6) is 0. The molecule has 0 unspecified atom stereocenters. The summed E-state index contributed by atoms with van der Waals surface area (Å²) in [4.78, 5) is 6.97. The number of nitrogens with two attached hydrogens (primary N) is 1. The van der Waals surface area contributed by atoms with Gasteiger partial charge in [0.2, 0.25) is 0 Å². The van der Waals surface area contributed by atoms with Crippen molar-refractivity contribution in [2.45, 2.75) is 6.42 Å². The van der Waals surface area contributed by atoms with Gasteiger partial charge in [0.25, 0.3) is 0 Å². The summed E-state index contributed by atoms with van der Waals surface area (Å²) in [6, 6.07) is 7.28. The zero-order chi connectivity index (χ0) is 12.1. The molecule has 0 fully saturated rings. The number of nitrogens with one attached hydrogen (secondary N) is 2. The fourth-order valence-electron chi connectivity index (χ4n) is 1.55. The SMILES string of the molecule is N#Cc1ccc(NCCc2cnc[nH]2)c(N)c1. The summed E-state index contributed by atoms with van der Waals surface area (Å²) in [7, 11) is 0. The van der Waals surface area contributed by atoms with Crippen LogP contribution in [0.25, 0.3) is 0 Å². The second-order valence-electron chi connectivity index (χ2n) is 3.67. The van der Waals surface area contributed by atoms with Crippen LogP contribution < -0.4 is 11.1 Å². The highest BCUT2D eigenvalue weighted by Gasteiger charge is 2.00. The molecule has 0 atom stereocenters. The van der Waals surface area contributed by atoms with E-state index in [4.69, 9.17) is 11.0 Å². The van der Waals surface area contributed by atoms with Gasteiger partial charge in [0.1, 0.15) is 0 Å². The van der Waals surface area contributed by atoms with Crippen molar-refractivity contribution in [1.82, 2.24) is 9.97 Å². The van der Waals surface area contributed by atoms with Crippen LogP contribution in [0.4, 0.5) is 11.4 Å². The lowest BCUT2D eigenvalue weighted by Gasteiger charge is -2.08. The maximum atomic E-state index is 8.72. The fourth-order valence-corrected chi connectivity index (χ4v) is 1.55. The first-order chi connectivity index (χ1) is 8.29. The molecule has 0 bridgehead atoms. The summed E-state index contributed by atoms with van der Waals surface area (Å²) in [6.07, 6.45) is 4.30. The molecule has 5 nitrogen and oxygen atoms in total. The lowest BCUT2D eigenvalue weighted by atomic mass is 10.2. The Morgan fingerprint density at radius 3 is 3.00 bits per heavy atom. The first-order valence-corrected chi connectivity index (χ1v) is 5.30. The van der Waals surface area contributed by atoms with Gasteiger partial charge in [-0.2, -0.15) is 5.26 Å². The predicted octanol–water partition coefficient (Wildman–Crippen LogP) is 1.52. The molecule has 2 rings (SSSR count). The van der Waals surface area contributed by atoms with E-state index in [1.807, 2.05) is 6.07 Å². The van der Waals surface area contributed by atoms with Crippen LogP contribution in [-0.2, 0) is 6.42 Å². The Kier molecular flexibility index (Phi) is 3.26. The molecule has 1 aromatic carbocycles. The monoisotopic (exact) mass is 227 g/mol. The Morgan fingerprint density at radius 1 is 1.47 bits per heavy atom. The maximum Gasteiger partial charge on any atom is 0.0992 e. The van der Waals surface area contributed by atoms with Gasteiger partial charge in [-0.15, -0.1) is 0 Å². The van der Waals surface area contributed by atoms with Crippen LogP contribution >= 0.6 is 0 Å². The molecular weight excluding hydrogens is 214 g/mol. The summed E-state index contributed by atoms with van der Waals surface area (Å²) in [6.45, 7) is 0.762. The van der Waals surface area contributed by atoms with E-state index in [-0.39, 0.29) is 0 Å². The number of anilines is 2. The average molecular weight is 227 g/mol. The number of benzene rings is 1. The topological polar surface area (TPSA) is 90.5 Å². The van der Waals surface area contributed by atoms with Gasteiger partial charge in [-0.05, 0) is 18.2 Å². The molecule has 5 heteroatoms. The standard InChI is InChI=1S/C12H13N5/c13-6-9-1-2-12(11(14)5-9)16-4-3-10-7-15-8-17-10/h1-2,5,7-8,16H,3-4,14H2,(H,15,17). The Hall–Kier alpha value is -2.48. The zero-order valence-electron chi connectivity index (χ0n) is 9.27. The molecule has 0 aliphatic carbocycles. The highest BCUT2D eigenvalue weighted by atomic mass is 14.9. The second-order valence-corrected chi connectivity index (χ2v) is 3.67. The number of aromatic amines is 1. The molecule has 0 saturated carbocycles. The van der Waals surface area contributed by atoms with E-state index in [2.05, 4.69) is 21.4 Å². The number of hydrogen-bond acceptors (Lipinski definition) is 4. The Morgan fingerprint density at radius 2 is 2.35 bits per heavy atom. The van der Waals surface area contributed by atoms with E-state index in [1.54, 1.807) is 24.7 Å². The first kappa shape index (κ1) is 11.0. The van der Waals surface area contributed by atoms with Gasteiger partial charge >= 0.3 is 0 Å². The van der Waals surface area contributed by atoms with E-state index < -0.39 is 0 Å². The molecule has 1 aromatic heterocycles. The van der Waals surface area contributed by atoms with E-state index in [9.17, 15) is 0 Å². The Balaban J connectivity index is 1.93. The van der Waals surface area contributed by atoms with Gasteiger partial charge in [-0.3, -0.25) is 0 Å². The number of H-pyrrole nitrogens is 1. The molecule has 1 heterocycles. The van der Waals surface area contributed by atoms with Gasteiger partial charge in [-0.1, -0.05) is 0 Å². The molecule has 0 saturated heterocycles. The zero-order valence-corrected chi connectivity index (χ0v) is 9.27. The summed E-state index contributed by atoms with van der Waals surface area (Å²) >= 11 is 0. The van der Waals surface area contributed by atoms with E-state index in [0.717, 1.165) is 24.3 Å². The van der Waals surface area contributed by atoms with Crippen molar-refractivity contribution in [2.75, 3.05) is 17.6 Å². The summed E-state index contributed by atoms with van der Waals surface area (Å²) < 4.78 is 0. The maximum absolute atomic E-state index is 8.72. The van der Waals surface area contributed by atoms with Gasteiger partial charge in [0, 0.05) is 24.9 Å². The van der Waals surface area contributed by atoms with Crippen LogP contribution in [-0.4, -0.2) is 16.5 Å². The van der Waals surface area contributed by atoms with Crippen molar-refractivity contribution in [3.8, 4) is 6.07 Å². The van der Waals surface area contributed by atoms with Crippen LogP contribution in [0, 0.1) is 11.3 Å². The Labute approximate surface area is 99.3 Å². The van der Waals surface area contributed by atoms with Crippen LogP contribution in [0.1, 0.15) is 11.3 Å². The van der Waals surface area contributed by atoms with Crippen LogP contribution in [0.5, 0.6) is 0 Å². The quantitative estimate of drug-likeness (QED) is 0.691. The molecule has 0 radical (unpaired) electrons. The molecule has 4 N–H and O–H groups in total.